The highest BCUT2D eigenvalue weighted by molar-refractivity contribution is 8.18. The molecule has 1 aliphatic rings. The Morgan fingerprint density at radius 3 is 2.31 bits per heavy atom. The zero-order chi connectivity index (χ0) is 24.6. The fourth-order valence-electron chi connectivity index (χ4n) is 3.32. The van der Waals surface area contributed by atoms with E-state index in [-0.39, 0.29) is 17.9 Å². The van der Waals surface area contributed by atoms with Crippen molar-refractivity contribution in [2.45, 2.75) is 13.5 Å². The predicted molar refractivity (Wildman–Crippen MR) is 139 cm³/mol. The van der Waals surface area contributed by atoms with Gasteiger partial charge in [-0.25, -0.2) is 9.79 Å². The Morgan fingerprint density at radius 1 is 0.971 bits per heavy atom. The Labute approximate surface area is 208 Å². The minimum atomic E-state index is -0.613. The fourth-order valence-corrected chi connectivity index (χ4v) is 4.35. The number of ether oxygens (including phenoxy) is 3. The van der Waals surface area contributed by atoms with Crippen molar-refractivity contribution in [3.63, 3.8) is 0 Å². The predicted octanol–water partition coefficient (Wildman–Crippen LogP) is 6.47. The van der Waals surface area contributed by atoms with E-state index in [1.165, 1.54) is 11.8 Å². The van der Waals surface area contributed by atoms with Crippen LogP contribution in [-0.4, -0.2) is 29.8 Å². The molecule has 0 aromatic heterocycles. The van der Waals surface area contributed by atoms with Gasteiger partial charge in [0.25, 0.3) is 0 Å². The van der Waals surface area contributed by atoms with Gasteiger partial charge in [-0.15, -0.1) is 0 Å². The summed E-state index contributed by atoms with van der Waals surface area (Å²) in [6.45, 7) is 2.39. The minimum Gasteiger partial charge on any atom is -0.506 e. The van der Waals surface area contributed by atoms with Crippen LogP contribution in [0.25, 0.3) is 6.08 Å². The van der Waals surface area contributed by atoms with Crippen LogP contribution in [0.15, 0.2) is 100 Å². The van der Waals surface area contributed by atoms with E-state index in [0.29, 0.717) is 28.0 Å². The molecule has 0 fully saturated rings. The number of carbonyl (C=O) groups is 1. The minimum absolute atomic E-state index is 0.0572. The molecule has 1 heterocycles. The lowest BCUT2D eigenvalue weighted by atomic mass is 10.1. The molecular formula is C28H25NO5S. The molecule has 178 valence electrons. The topological polar surface area (TPSA) is 77.4 Å². The van der Waals surface area contributed by atoms with Gasteiger partial charge in [0.1, 0.15) is 34.5 Å². The van der Waals surface area contributed by atoms with Gasteiger partial charge in [-0.3, -0.25) is 0 Å². The molecule has 0 bridgehead atoms. The van der Waals surface area contributed by atoms with Crippen LogP contribution in [-0.2, 0) is 16.1 Å². The number of methoxy groups -OCH3 is 1. The summed E-state index contributed by atoms with van der Waals surface area (Å²) in [6, 6.07) is 24.6. The fraction of sp³-hybridized carbons (Fsp3) is 0.143. The van der Waals surface area contributed by atoms with Crippen LogP contribution in [0, 0.1) is 0 Å². The number of nitrogens with zero attached hydrogens (tertiary/aromatic N) is 1. The molecule has 0 saturated carbocycles. The van der Waals surface area contributed by atoms with E-state index in [0.717, 1.165) is 16.9 Å². The molecule has 0 aliphatic carbocycles. The van der Waals surface area contributed by atoms with Crippen molar-refractivity contribution in [2.24, 2.45) is 4.99 Å². The summed E-state index contributed by atoms with van der Waals surface area (Å²) in [5.74, 6) is 0.681. The summed E-state index contributed by atoms with van der Waals surface area (Å²) in [5, 5.41) is 11.2. The quantitative estimate of drug-likeness (QED) is 0.367. The van der Waals surface area contributed by atoms with Gasteiger partial charge >= 0.3 is 5.97 Å². The van der Waals surface area contributed by atoms with Crippen molar-refractivity contribution in [2.75, 3.05) is 13.7 Å². The molecular weight excluding hydrogens is 462 g/mol. The van der Waals surface area contributed by atoms with Gasteiger partial charge in [0.05, 0.1) is 24.3 Å². The van der Waals surface area contributed by atoms with Gasteiger partial charge in [-0.2, -0.15) is 0 Å². The first-order chi connectivity index (χ1) is 17.1. The summed E-state index contributed by atoms with van der Waals surface area (Å²) < 4.78 is 16.2. The lowest BCUT2D eigenvalue weighted by Crippen LogP contribution is -2.12. The Bertz CT molecular complexity index is 1260. The smallest absolute Gasteiger partial charge is 0.344 e. The number of aliphatic imine (C=N–C) groups is 1. The van der Waals surface area contributed by atoms with E-state index in [1.807, 2.05) is 54.6 Å². The Morgan fingerprint density at radius 2 is 1.66 bits per heavy atom. The van der Waals surface area contributed by atoms with Gasteiger partial charge in [-0.05, 0) is 60.5 Å². The molecule has 7 heteroatoms. The van der Waals surface area contributed by atoms with Gasteiger partial charge in [0.15, 0.2) is 0 Å². The first-order valence-electron chi connectivity index (χ1n) is 11.1. The van der Waals surface area contributed by atoms with Crippen molar-refractivity contribution in [1.29, 1.82) is 0 Å². The average Bonchev–Trinajstić information content (AvgIpc) is 3.19. The summed E-state index contributed by atoms with van der Waals surface area (Å²) >= 11 is 1.22. The van der Waals surface area contributed by atoms with Gasteiger partial charge in [0.2, 0.25) is 0 Å². The molecule has 6 nitrogen and oxygen atoms in total. The van der Waals surface area contributed by atoms with Crippen LogP contribution in [0.4, 0.5) is 5.69 Å². The third-order valence-corrected chi connectivity index (χ3v) is 6.12. The van der Waals surface area contributed by atoms with Crippen LogP contribution >= 0.6 is 11.8 Å². The number of esters is 1. The van der Waals surface area contributed by atoms with Crippen LogP contribution in [0.3, 0.4) is 0 Å². The second-order valence-electron chi connectivity index (χ2n) is 7.51. The summed E-state index contributed by atoms with van der Waals surface area (Å²) in [4.78, 5) is 17.7. The van der Waals surface area contributed by atoms with E-state index in [4.69, 9.17) is 14.2 Å². The van der Waals surface area contributed by atoms with E-state index in [2.05, 4.69) is 4.99 Å². The number of rotatable bonds is 8. The van der Waals surface area contributed by atoms with Crippen molar-refractivity contribution < 1.29 is 24.1 Å². The van der Waals surface area contributed by atoms with Gasteiger partial charge in [0, 0.05) is 0 Å². The normalized spacial score (nSPS) is 15.5. The molecule has 0 amide bonds. The zero-order valence-electron chi connectivity index (χ0n) is 19.4. The van der Waals surface area contributed by atoms with E-state index in [1.54, 1.807) is 44.4 Å². The summed E-state index contributed by atoms with van der Waals surface area (Å²) in [5.41, 5.74) is 2.62. The second-order valence-corrected chi connectivity index (χ2v) is 8.54. The lowest BCUT2D eigenvalue weighted by molar-refractivity contribution is -0.138. The maximum absolute atomic E-state index is 12.6. The van der Waals surface area contributed by atoms with Crippen molar-refractivity contribution in [1.82, 2.24) is 0 Å². The van der Waals surface area contributed by atoms with Gasteiger partial charge < -0.3 is 19.3 Å². The van der Waals surface area contributed by atoms with Crippen molar-refractivity contribution in [3.8, 4) is 11.5 Å². The zero-order valence-corrected chi connectivity index (χ0v) is 20.2. The highest BCUT2D eigenvalue weighted by Gasteiger charge is 2.33. The standard InChI is InChI=1S/C28H25NO5S/c1-3-33-28(31)25-26(30)24(35-27(25)29-21-11-15-22(32-2)16-12-21)17-19-9-13-23(14-10-19)34-18-20-7-5-4-6-8-20/h4-17,30H,3,18H2,1-2H3/b24-17-,29-27?. The number of aliphatic hydroxyl groups excluding tert-OH is 1. The molecule has 3 aromatic rings. The average molecular weight is 488 g/mol. The first-order valence-corrected chi connectivity index (χ1v) is 11.9. The Balaban J connectivity index is 1.55. The SMILES string of the molecule is CCOC(=O)C1=C(O)/C(=C/c2ccc(OCc3ccccc3)cc2)SC1=Nc1ccc(OC)cc1. The van der Waals surface area contributed by atoms with Gasteiger partial charge in [-0.1, -0.05) is 54.2 Å². The van der Waals surface area contributed by atoms with Crippen molar-refractivity contribution in [3.05, 3.63) is 106 Å². The van der Waals surface area contributed by atoms with E-state index in [9.17, 15) is 9.90 Å². The number of hydrogen-bond acceptors (Lipinski definition) is 7. The van der Waals surface area contributed by atoms with Crippen LogP contribution in [0.2, 0.25) is 0 Å². The molecule has 0 saturated heterocycles. The molecule has 0 atom stereocenters. The van der Waals surface area contributed by atoms with Crippen LogP contribution in [0.1, 0.15) is 18.1 Å². The number of carbonyl (C=O) groups excluding carboxylic acids is 1. The monoisotopic (exact) mass is 487 g/mol. The number of hydrogen-bond donors (Lipinski definition) is 1. The molecule has 0 radical (unpaired) electrons. The Kier molecular flexibility index (Phi) is 7.90. The lowest BCUT2D eigenvalue weighted by Gasteiger charge is -2.06. The maximum atomic E-state index is 12.6. The maximum Gasteiger partial charge on any atom is 0.344 e. The molecule has 4 rings (SSSR count). The summed E-state index contributed by atoms with van der Waals surface area (Å²) in [6.07, 6.45) is 1.80. The summed E-state index contributed by atoms with van der Waals surface area (Å²) in [7, 11) is 1.59. The third kappa shape index (κ3) is 6.13. The number of aliphatic hydroxyl groups is 1. The molecule has 1 N–H and O–H groups in total. The molecule has 0 unspecified atom stereocenters. The van der Waals surface area contributed by atoms with E-state index < -0.39 is 5.97 Å². The largest absolute Gasteiger partial charge is 0.506 e. The van der Waals surface area contributed by atoms with Crippen molar-refractivity contribution >= 4 is 34.5 Å². The third-order valence-electron chi connectivity index (χ3n) is 5.10. The highest BCUT2D eigenvalue weighted by atomic mass is 32.2. The van der Waals surface area contributed by atoms with Crippen LogP contribution < -0.4 is 9.47 Å². The second kappa shape index (κ2) is 11.4. The number of benzene rings is 3. The molecule has 0 spiro atoms. The Hall–Kier alpha value is -3.97. The van der Waals surface area contributed by atoms with E-state index >= 15 is 0 Å². The molecule has 3 aromatic carbocycles. The molecule has 35 heavy (non-hydrogen) atoms. The first kappa shape index (κ1) is 24.2. The van der Waals surface area contributed by atoms with Crippen LogP contribution in [0.5, 0.6) is 11.5 Å². The molecule has 1 aliphatic heterocycles. The number of thioether (sulfide) groups is 1. The highest BCUT2D eigenvalue weighted by Crippen LogP contribution is 2.40.